The third-order valence-electron chi connectivity index (χ3n) is 3.85. The van der Waals surface area contributed by atoms with Crippen molar-refractivity contribution in [1.29, 1.82) is 5.26 Å². The number of H-pyrrole nitrogens is 1. The Kier molecular flexibility index (Phi) is 5.25. The minimum Gasteiger partial charge on any atom is -0.469 e. The summed E-state index contributed by atoms with van der Waals surface area (Å²) < 4.78 is 11.0. The van der Waals surface area contributed by atoms with Crippen LogP contribution in [0.4, 0.5) is 0 Å². The van der Waals surface area contributed by atoms with Crippen LogP contribution in [0.1, 0.15) is 11.3 Å². The Morgan fingerprint density at radius 1 is 1.50 bits per heavy atom. The highest BCUT2D eigenvalue weighted by Gasteiger charge is 2.13. The van der Waals surface area contributed by atoms with Crippen LogP contribution in [0, 0.1) is 18.3 Å². The number of nitriles is 1. The highest BCUT2D eigenvalue weighted by molar-refractivity contribution is 7.11. The number of ether oxygens (including phenoxy) is 2. The van der Waals surface area contributed by atoms with Crippen LogP contribution in [0.15, 0.2) is 16.2 Å². The van der Waals surface area contributed by atoms with Crippen molar-refractivity contribution in [2.45, 2.75) is 6.92 Å². The Hall–Kier alpha value is -2.21. The lowest BCUT2D eigenvalue weighted by atomic mass is 10.1. The minimum atomic E-state index is -0.379. The van der Waals surface area contributed by atoms with E-state index in [0.717, 1.165) is 38.4 Å². The fourth-order valence-electron chi connectivity index (χ4n) is 2.51. The standard InChI is InChI=1S/C16H18N4O3S/c1-11-13(8-12(9-17)15(21)18-11)14-10-24-16(19-14)23-7-4-20-2-5-22-6-3-20/h8,10H,2-7H2,1H3,(H,18,21). The number of nitrogens with one attached hydrogen (secondary N) is 1. The summed E-state index contributed by atoms with van der Waals surface area (Å²) in [5.41, 5.74) is 1.83. The lowest BCUT2D eigenvalue weighted by molar-refractivity contribution is 0.0322. The fraction of sp³-hybridized carbons (Fsp3) is 0.438. The van der Waals surface area contributed by atoms with Crippen molar-refractivity contribution in [2.24, 2.45) is 0 Å². The van der Waals surface area contributed by atoms with Gasteiger partial charge in [0.1, 0.15) is 18.2 Å². The molecular weight excluding hydrogens is 328 g/mol. The van der Waals surface area contributed by atoms with Crippen molar-refractivity contribution >= 4 is 11.3 Å². The van der Waals surface area contributed by atoms with E-state index in [-0.39, 0.29) is 11.1 Å². The van der Waals surface area contributed by atoms with E-state index in [0.29, 0.717) is 23.2 Å². The van der Waals surface area contributed by atoms with E-state index in [2.05, 4.69) is 14.9 Å². The number of morpholine rings is 1. The topological polar surface area (TPSA) is 91.2 Å². The predicted molar refractivity (Wildman–Crippen MR) is 90.4 cm³/mol. The maximum atomic E-state index is 11.6. The van der Waals surface area contributed by atoms with E-state index in [4.69, 9.17) is 14.7 Å². The second-order valence-corrected chi connectivity index (χ2v) is 6.28. The van der Waals surface area contributed by atoms with Crippen LogP contribution in [0.5, 0.6) is 5.19 Å². The average Bonchev–Trinajstić information content (AvgIpc) is 3.04. The molecule has 1 saturated heterocycles. The number of rotatable bonds is 5. The first-order valence-corrected chi connectivity index (χ1v) is 8.58. The van der Waals surface area contributed by atoms with Gasteiger partial charge in [-0.2, -0.15) is 5.26 Å². The van der Waals surface area contributed by atoms with Crippen LogP contribution >= 0.6 is 11.3 Å². The second-order valence-electron chi connectivity index (χ2n) is 5.46. The number of hydrogen-bond acceptors (Lipinski definition) is 7. The molecule has 0 aliphatic carbocycles. The highest BCUT2D eigenvalue weighted by Crippen LogP contribution is 2.27. The van der Waals surface area contributed by atoms with Crippen molar-refractivity contribution in [3.63, 3.8) is 0 Å². The largest absolute Gasteiger partial charge is 0.469 e. The molecule has 3 heterocycles. The minimum absolute atomic E-state index is 0.0818. The maximum absolute atomic E-state index is 11.6. The fourth-order valence-corrected chi connectivity index (χ4v) is 3.20. The molecular formula is C16H18N4O3S. The molecule has 0 unspecified atom stereocenters. The van der Waals surface area contributed by atoms with Gasteiger partial charge >= 0.3 is 0 Å². The van der Waals surface area contributed by atoms with Crippen molar-refractivity contribution in [2.75, 3.05) is 39.5 Å². The van der Waals surface area contributed by atoms with Crippen LogP contribution in [0.3, 0.4) is 0 Å². The van der Waals surface area contributed by atoms with Crippen molar-refractivity contribution in [3.8, 4) is 22.5 Å². The number of pyridine rings is 1. The molecule has 0 amide bonds. The summed E-state index contributed by atoms with van der Waals surface area (Å²) in [6.07, 6.45) is 0. The number of aromatic nitrogens is 2. The molecule has 7 nitrogen and oxygen atoms in total. The van der Waals surface area contributed by atoms with E-state index < -0.39 is 0 Å². The zero-order chi connectivity index (χ0) is 16.9. The summed E-state index contributed by atoms with van der Waals surface area (Å²) >= 11 is 1.41. The van der Waals surface area contributed by atoms with E-state index in [1.165, 1.54) is 11.3 Å². The normalized spacial score (nSPS) is 15.2. The quantitative estimate of drug-likeness (QED) is 0.880. The van der Waals surface area contributed by atoms with Gasteiger partial charge in [0.15, 0.2) is 0 Å². The molecule has 1 fully saturated rings. The first-order valence-electron chi connectivity index (χ1n) is 7.70. The van der Waals surface area contributed by atoms with Crippen LogP contribution < -0.4 is 10.3 Å². The molecule has 0 aromatic carbocycles. The third-order valence-corrected chi connectivity index (χ3v) is 4.61. The van der Waals surface area contributed by atoms with Gasteiger partial charge < -0.3 is 14.5 Å². The smallest absolute Gasteiger partial charge is 0.273 e. The van der Waals surface area contributed by atoms with Gasteiger partial charge in [-0.15, -0.1) is 0 Å². The third kappa shape index (κ3) is 3.82. The van der Waals surface area contributed by atoms with E-state index in [1.54, 1.807) is 13.0 Å². The van der Waals surface area contributed by atoms with Gasteiger partial charge in [-0.1, -0.05) is 11.3 Å². The number of aromatic amines is 1. The van der Waals surface area contributed by atoms with Crippen molar-refractivity contribution in [3.05, 3.63) is 33.1 Å². The van der Waals surface area contributed by atoms with E-state index in [9.17, 15) is 4.79 Å². The summed E-state index contributed by atoms with van der Waals surface area (Å²) in [5, 5.41) is 11.5. The summed E-state index contributed by atoms with van der Waals surface area (Å²) in [6, 6.07) is 3.47. The summed E-state index contributed by atoms with van der Waals surface area (Å²) in [5.74, 6) is 0. The van der Waals surface area contributed by atoms with Gasteiger partial charge in [-0.3, -0.25) is 9.69 Å². The molecule has 0 saturated carbocycles. The van der Waals surface area contributed by atoms with Gasteiger partial charge in [0.2, 0.25) is 0 Å². The molecule has 126 valence electrons. The number of hydrogen-bond donors (Lipinski definition) is 1. The van der Waals surface area contributed by atoms with Gasteiger partial charge in [0.05, 0.1) is 18.9 Å². The van der Waals surface area contributed by atoms with Crippen molar-refractivity contribution < 1.29 is 9.47 Å². The Bertz CT molecular complexity index is 802. The van der Waals surface area contributed by atoms with Gasteiger partial charge in [0.25, 0.3) is 10.8 Å². The Morgan fingerprint density at radius 2 is 2.29 bits per heavy atom. The lowest BCUT2D eigenvalue weighted by Gasteiger charge is -2.26. The highest BCUT2D eigenvalue weighted by atomic mass is 32.1. The molecule has 24 heavy (non-hydrogen) atoms. The zero-order valence-electron chi connectivity index (χ0n) is 13.4. The van der Waals surface area contributed by atoms with E-state index in [1.807, 2.05) is 11.4 Å². The molecule has 1 N–H and O–H groups in total. The lowest BCUT2D eigenvalue weighted by Crippen LogP contribution is -2.38. The second kappa shape index (κ2) is 7.57. The molecule has 0 atom stereocenters. The van der Waals surface area contributed by atoms with Crippen molar-refractivity contribution in [1.82, 2.24) is 14.9 Å². The molecule has 2 aromatic rings. The number of aryl methyl sites for hydroxylation is 1. The van der Waals surface area contributed by atoms with Gasteiger partial charge in [0, 0.05) is 36.3 Å². The number of nitrogens with zero attached hydrogens (tertiary/aromatic N) is 3. The molecule has 0 spiro atoms. The Balaban J connectivity index is 1.65. The van der Waals surface area contributed by atoms with Crippen LogP contribution in [0.25, 0.3) is 11.3 Å². The first-order chi connectivity index (χ1) is 11.7. The molecule has 1 aliphatic rings. The number of thiazole rings is 1. The van der Waals surface area contributed by atoms with Crippen LogP contribution in [0.2, 0.25) is 0 Å². The molecule has 3 rings (SSSR count). The molecule has 0 radical (unpaired) electrons. The predicted octanol–water partition coefficient (Wildman–Crippen LogP) is 1.39. The maximum Gasteiger partial charge on any atom is 0.273 e. The van der Waals surface area contributed by atoms with E-state index >= 15 is 0 Å². The Labute approximate surface area is 143 Å². The summed E-state index contributed by atoms with van der Waals surface area (Å²) in [7, 11) is 0. The van der Waals surface area contributed by atoms with Crippen LogP contribution in [-0.4, -0.2) is 54.3 Å². The van der Waals surface area contributed by atoms with Gasteiger partial charge in [-0.05, 0) is 13.0 Å². The first kappa shape index (κ1) is 16.6. The SMILES string of the molecule is Cc1[nH]c(=O)c(C#N)cc1-c1csc(OCCN2CCOCC2)n1. The zero-order valence-corrected chi connectivity index (χ0v) is 14.2. The van der Waals surface area contributed by atoms with Gasteiger partial charge in [-0.25, -0.2) is 4.98 Å². The molecule has 0 bridgehead atoms. The summed E-state index contributed by atoms with van der Waals surface area (Å²) in [4.78, 5) is 21.0. The summed E-state index contributed by atoms with van der Waals surface area (Å²) in [6.45, 7) is 6.61. The van der Waals surface area contributed by atoms with Crippen LogP contribution in [-0.2, 0) is 4.74 Å². The molecule has 1 aliphatic heterocycles. The monoisotopic (exact) mass is 346 g/mol. The Morgan fingerprint density at radius 3 is 3.04 bits per heavy atom. The molecule has 2 aromatic heterocycles. The average molecular weight is 346 g/mol. The molecule has 8 heteroatoms.